The molecule has 0 aliphatic carbocycles. The smallest absolute Gasteiger partial charge is 0.239 e. The Morgan fingerprint density at radius 1 is 1.19 bits per heavy atom. The molecule has 0 unspecified atom stereocenters. The molecular formula is C24H25N3O4S. The van der Waals surface area contributed by atoms with Gasteiger partial charge in [0.2, 0.25) is 17.7 Å². The van der Waals surface area contributed by atoms with Gasteiger partial charge in [-0.15, -0.1) is 11.3 Å². The molecule has 2 aromatic heterocycles. The van der Waals surface area contributed by atoms with Crippen LogP contribution in [0.1, 0.15) is 28.7 Å². The first-order chi connectivity index (χ1) is 15.4. The van der Waals surface area contributed by atoms with Gasteiger partial charge in [0.05, 0.1) is 31.3 Å². The number of carbonyl (C=O) groups is 3. The predicted octanol–water partition coefficient (Wildman–Crippen LogP) is 3.52. The number of nitrogens with zero attached hydrogens (tertiary/aromatic N) is 2. The van der Waals surface area contributed by atoms with Crippen LogP contribution in [0, 0.1) is 12.8 Å². The summed E-state index contributed by atoms with van der Waals surface area (Å²) in [6.45, 7) is 2.16. The molecule has 0 radical (unpaired) electrons. The van der Waals surface area contributed by atoms with Crippen LogP contribution in [0.2, 0.25) is 0 Å². The van der Waals surface area contributed by atoms with Crippen LogP contribution in [-0.4, -0.2) is 36.2 Å². The van der Waals surface area contributed by atoms with Crippen molar-refractivity contribution in [3.8, 4) is 0 Å². The van der Waals surface area contributed by atoms with Crippen molar-refractivity contribution in [2.75, 3.05) is 18.5 Å². The Balaban J connectivity index is 1.50. The third kappa shape index (κ3) is 4.60. The first kappa shape index (κ1) is 21.8. The Labute approximate surface area is 190 Å². The van der Waals surface area contributed by atoms with E-state index in [1.807, 2.05) is 48.7 Å². The van der Waals surface area contributed by atoms with Gasteiger partial charge in [0.15, 0.2) is 0 Å². The van der Waals surface area contributed by atoms with Gasteiger partial charge in [-0.3, -0.25) is 14.4 Å². The van der Waals surface area contributed by atoms with Gasteiger partial charge < -0.3 is 19.5 Å². The molecule has 3 amide bonds. The summed E-state index contributed by atoms with van der Waals surface area (Å²) >= 11 is 1.52. The van der Waals surface area contributed by atoms with Crippen molar-refractivity contribution in [2.24, 2.45) is 5.92 Å². The topological polar surface area (TPSA) is 82.9 Å². The van der Waals surface area contributed by atoms with Crippen molar-refractivity contribution < 1.29 is 18.8 Å². The van der Waals surface area contributed by atoms with Gasteiger partial charge in [-0.2, -0.15) is 0 Å². The first-order valence-corrected chi connectivity index (χ1v) is 11.3. The Morgan fingerprint density at radius 2 is 1.97 bits per heavy atom. The normalized spacial score (nSPS) is 18.1. The number of rotatable bonds is 7. The fraction of sp³-hybridized carbons (Fsp3) is 0.292. The second kappa shape index (κ2) is 9.40. The average Bonchev–Trinajstić information content (AvgIpc) is 3.53. The number of furan rings is 1. The molecule has 8 heteroatoms. The number of carbonyl (C=O) groups excluding carboxylic acids is 3. The Hall–Kier alpha value is -3.39. The lowest BCUT2D eigenvalue weighted by atomic mass is 9.97. The average molecular weight is 452 g/mol. The van der Waals surface area contributed by atoms with E-state index in [9.17, 15) is 14.4 Å². The Bertz CT molecular complexity index is 1080. The molecule has 1 saturated heterocycles. The molecule has 1 aromatic carbocycles. The van der Waals surface area contributed by atoms with E-state index in [1.54, 1.807) is 30.3 Å². The predicted molar refractivity (Wildman–Crippen MR) is 122 cm³/mol. The van der Waals surface area contributed by atoms with E-state index in [4.69, 9.17) is 4.42 Å². The maximum atomic E-state index is 13.3. The van der Waals surface area contributed by atoms with Gasteiger partial charge in [-0.25, -0.2) is 0 Å². The van der Waals surface area contributed by atoms with Crippen LogP contribution in [0.4, 0.5) is 5.69 Å². The van der Waals surface area contributed by atoms with Crippen molar-refractivity contribution >= 4 is 34.7 Å². The molecule has 1 N–H and O–H groups in total. The minimum absolute atomic E-state index is 0.0913. The molecule has 7 nitrogen and oxygen atoms in total. The van der Waals surface area contributed by atoms with Gasteiger partial charge in [0.25, 0.3) is 0 Å². The molecule has 166 valence electrons. The monoisotopic (exact) mass is 451 g/mol. The quantitative estimate of drug-likeness (QED) is 0.596. The van der Waals surface area contributed by atoms with Crippen LogP contribution in [-0.2, 0) is 20.9 Å². The van der Waals surface area contributed by atoms with E-state index in [0.29, 0.717) is 5.76 Å². The maximum absolute atomic E-state index is 13.3. The molecule has 1 aliphatic rings. The number of aryl methyl sites for hydroxylation is 1. The number of benzene rings is 1. The van der Waals surface area contributed by atoms with Gasteiger partial charge >= 0.3 is 0 Å². The molecular weight excluding hydrogens is 426 g/mol. The molecule has 0 spiro atoms. The second-order valence-corrected chi connectivity index (χ2v) is 8.90. The molecule has 1 fully saturated rings. The SMILES string of the molecule is Cc1ccc(N2C(=O)C[C@H](C(=O)N(C)CC(=O)NCc3ccco3)[C@@H]2c2cccs2)cc1. The highest BCUT2D eigenvalue weighted by Gasteiger charge is 2.46. The minimum atomic E-state index is -0.565. The molecule has 1 aliphatic heterocycles. The van der Waals surface area contributed by atoms with Crippen LogP contribution in [0.25, 0.3) is 0 Å². The van der Waals surface area contributed by atoms with Crippen LogP contribution < -0.4 is 10.2 Å². The van der Waals surface area contributed by atoms with Gasteiger partial charge in [-0.05, 0) is 42.6 Å². The summed E-state index contributed by atoms with van der Waals surface area (Å²) in [7, 11) is 1.60. The van der Waals surface area contributed by atoms with Crippen LogP contribution in [0.3, 0.4) is 0 Å². The third-order valence-electron chi connectivity index (χ3n) is 5.58. The zero-order valence-electron chi connectivity index (χ0n) is 18.0. The second-order valence-electron chi connectivity index (χ2n) is 7.92. The van der Waals surface area contributed by atoms with Crippen molar-refractivity contribution in [1.29, 1.82) is 0 Å². The summed E-state index contributed by atoms with van der Waals surface area (Å²) in [5.41, 5.74) is 1.87. The zero-order chi connectivity index (χ0) is 22.7. The van der Waals surface area contributed by atoms with E-state index < -0.39 is 12.0 Å². The zero-order valence-corrected chi connectivity index (χ0v) is 18.8. The van der Waals surface area contributed by atoms with Crippen LogP contribution >= 0.6 is 11.3 Å². The number of thiophene rings is 1. The summed E-state index contributed by atoms with van der Waals surface area (Å²) in [5.74, 6) is -0.532. The summed E-state index contributed by atoms with van der Waals surface area (Å²) in [6, 6.07) is 14.7. The third-order valence-corrected chi connectivity index (χ3v) is 6.53. The lowest BCUT2D eigenvalue weighted by molar-refractivity contribution is -0.138. The molecule has 2 atom stereocenters. The van der Waals surface area contributed by atoms with E-state index in [1.165, 1.54) is 16.2 Å². The summed E-state index contributed by atoms with van der Waals surface area (Å²) in [4.78, 5) is 42.8. The van der Waals surface area contributed by atoms with E-state index in [-0.39, 0.29) is 37.2 Å². The fourth-order valence-corrected chi connectivity index (χ4v) is 4.86. The lowest BCUT2D eigenvalue weighted by Gasteiger charge is -2.29. The van der Waals surface area contributed by atoms with E-state index >= 15 is 0 Å². The van der Waals surface area contributed by atoms with Crippen molar-refractivity contribution in [3.63, 3.8) is 0 Å². The number of hydrogen-bond donors (Lipinski definition) is 1. The Kier molecular flexibility index (Phi) is 6.41. The lowest BCUT2D eigenvalue weighted by Crippen LogP contribution is -2.42. The van der Waals surface area contributed by atoms with Crippen molar-refractivity contribution in [2.45, 2.75) is 25.9 Å². The fourth-order valence-electron chi connectivity index (χ4n) is 3.98. The number of likely N-dealkylation sites (N-methyl/N-ethyl adjacent to an activating group) is 1. The van der Waals surface area contributed by atoms with Crippen molar-refractivity contribution in [1.82, 2.24) is 10.2 Å². The van der Waals surface area contributed by atoms with Gasteiger partial charge in [0.1, 0.15) is 5.76 Å². The summed E-state index contributed by atoms with van der Waals surface area (Å²) in [5, 5.41) is 4.69. The molecule has 32 heavy (non-hydrogen) atoms. The first-order valence-electron chi connectivity index (χ1n) is 10.4. The standard InChI is InChI=1S/C24H25N3O4S/c1-16-7-9-17(10-8-16)27-22(29)13-19(23(27)20-6-4-12-32-20)24(30)26(2)15-21(28)25-14-18-5-3-11-31-18/h3-12,19,23H,13-15H2,1-2H3,(H,25,28)/t19-,23+/m0/s1. The number of amides is 3. The Morgan fingerprint density at radius 3 is 2.62 bits per heavy atom. The van der Waals surface area contributed by atoms with Crippen LogP contribution in [0.5, 0.6) is 0 Å². The van der Waals surface area contributed by atoms with Crippen LogP contribution in [0.15, 0.2) is 64.6 Å². The molecule has 0 bridgehead atoms. The van der Waals surface area contributed by atoms with Gasteiger partial charge in [0, 0.05) is 24.0 Å². The highest BCUT2D eigenvalue weighted by molar-refractivity contribution is 7.10. The molecule has 3 aromatic rings. The largest absolute Gasteiger partial charge is 0.467 e. The number of nitrogens with one attached hydrogen (secondary N) is 1. The summed E-state index contributed by atoms with van der Waals surface area (Å²) < 4.78 is 5.21. The highest BCUT2D eigenvalue weighted by Crippen LogP contribution is 2.43. The number of hydrogen-bond acceptors (Lipinski definition) is 5. The minimum Gasteiger partial charge on any atom is -0.467 e. The maximum Gasteiger partial charge on any atom is 0.239 e. The molecule has 3 heterocycles. The summed E-state index contributed by atoms with van der Waals surface area (Å²) in [6.07, 6.45) is 1.65. The van der Waals surface area contributed by atoms with E-state index in [2.05, 4.69) is 5.32 Å². The molecule has 0 saturated carbocycles. The molecule has 4 rings (SSSR count). The van der Waals surface area contributed by atoms with Gasteiger partial charge in [-0.1, -0.05) is 23.8 Å². The number of anilines is 1. The van der Waals surface area contributed by atoms with Crippen molar-refractivity contribution in [3.05, 3.63) is 76.4 Å². The highest BCUT2D eigenvalue weighted by atomic mass is 32.1. The van der Waals surface area contributed by atoms with E-state index in [0.717, 1.165) is 16.1 Å².